The van der Waals surface area contributed by atoms with Gasteiger partial charge in [0.15, 0.2) is 0 Å². The second-order valence-corrected chi connectivity index (χ2v) is 11.9. The van der Waals surface area contributed by atoms with Crippen molar-refractivity contribution in [3.05, 3.63) is 0 Å². The number of nitrogens with zero attached hydrogens (tertiary/aromatic N) is 3. The van der Waals surface area contributed by atoms with Crippen LogP contribution in [0.2, 0.25) is 0 Å². The van der Waals surface area contributed by atoms with Crippen molar-refractivity contribution in [3.63, 3.8) is 0 Å². The summed E-state index contributed by atoms with van der Waals surface area (Å²) in [6.45, 7) is 0.0461. The van der Waals surface area contributed by atoms with E-state index in [1.807, 2.05) is 0 Å². The number of rotatable bonds is 16. The van der Waals surface area contributed by atoms with Crippen LogP contribution in [0.15, 0.2) is 0 Å². The molecule has 28 heavy (non-hydrogen) atoms. The van der Waals surface area contributed by atoms with Gasteiger partial charge in [0.25, 0.3) is 0 Å². The van der Waals surface area contributed by atoms with E-state index >= 15 is 0 Å². The highest BCUT2D eigenvalue weighted by atomic mass is 31.2. The molecule has 0 rings (SSSR count). The first kappa shape index (κ1) is 28.8. The van der Waals surface area contributed by atoms with Gasteiger partial charge in [-0.2, -0.15) is 0 Å². The smallest absolute Gasteiger partial charge is 0.339 e. The van der Waals surface area contributed by atoms with E-state index in [4.69, 9.17) is 24.5 Å². The zero-order chi connectivity index (χ0) is 21.9. The average Bonchev–Trinajstić information content (AvgIpc) is 2.45. The van der Waals surface area contributed by atoms with E-state index in [2.05, 4.69) is 0 Å². The zero-order valence-electron chi connectivity index (χ0n) is 14.9. The molecule has 0 aliphatic carbocycles. The summed E-state index contributed by atoms with van der Waals surface area (Å²) in [7, 11) is -16.4. The van der Waals surface area contributed by atoms with Gasteiger partial charge in [-0.25, -0.2) is 0 Å². The molecule has 0 aromatic heterocycles. The normalized spacial score (nSPS) is 17.2. The monoisotopic (exact) mass is 509 g/mol. The maximum absolute atomic E-state index is 11.2. The van der Waals surface area contributed by atoms with Gasteiger partial charge in [-0.05, 0) is 0 Å². The molecule has 19 heteroatoms. The van der Waals surface area contributed by atoms with Crippen LogP contribution in [0.5, 0.6) is 0 Å². The van der Waals surface area contributed by atoms with Gasteiger partial charge < -0.3 is 29.4 Å². The lowest BCUT2D eigenvalue weighted by molar-refractivity contribution is 0.216. The van der Waals surface area contributed by atoms with E-state index in [1.54, 1.807) is 0 Å². The molecule has 14 nitrogen and oxygen atoms in total. The first-order chi connectivity index (χ1) is 12.8. The Hall–Kier alpha value is 0.790. The average molecular weight is 509 g/mol. The van der Waals surface area contributed by atoms with Crippen LogP contribution in [-0.2, 0) is 22.8 Å². The first-order valence-corrected chi connectivity index (χ1v) is 15.9. The van der Waals surface area contributed by atoms with E-state index in [9.17, 15) is 27.7 Å². The Morgan fingerprint density at radius 2 is 0.857 bits per heavy atom. The number of hydrogen-bond acceptors (Lipinski definition) is 8. The van der Waals surface area contributed by atoms with Gasteiger partial charge in [-0.3, -0.25) is 37.5 Å². The van der Waals surface area contributed by atoms with Gasteiger partial charge in [0.2, 0.25) is 32.1 Å². The minimum atomic E-state index is -4.49. The highest BCUT2D eigenvalue weighted by Crippen LogP contribution is 2.36. The SMILES string of the molecule is O=[PH](O)CN(CCN(C[PH](=O)O)C[PH](=O)O)CCN(C[PH](=O)O)CP(=O)(O)O. The third-order valence-electron chi connectivity index (χ3n) is 3.28. The molecule has 0 aromatic carbocycles. The lowest BCUT2D eigenvalue weighted by atomic mass is 10.4. The van der Waals surface area contributed by atoms with Crippen LogP contribution in [0, 0.1) is 0 Å². The molecule has 6 N–H and O–H groups in total. The molecule has 0 spiro atoms. The summed E-state index contributed by atoms with van der Waals surface area (Å²) < 4.78 is 55.4. The van der Waals surface area contributed by atoms with Crippen LogP contribution < -0.4 is 0 Å². The van der Waals surface area contributed by atoms with E-state index in [1.165, 1.54) is 9.80 Å². The van der Waals surface area contributed by atoms with Crippen LogP contribution in [-0.4, -0.2) is 102 Å². The molecule has 0 aliphatic rings. The summed E-state index contributed by atoms with van der Waals surface area (Å²) in [6, 6.07) is 0. The summed E-state index contributed by atoms with van der Waals surface area (Å²) in [6.07, 6.45) is -2.12. The van der Waals surface area contributed by atoms with Crippen LogP contribution in [0.25, 0.3) is 0 Å². The Bertz CT molecular complexity index is 601. The Kier molecular flexibility index (Phi) is 15.2. The summed E-state index contributed by atoms with van der Waals surface area (Å²) in [5.74, 6) is 0. The quantitative estimate of drug-likeness (QED) is 0.134. The minimum Gasteiger partial charge on any atom is -0.345 e. The fraction of sp³-hybridized carbons (Fsp3) is 1.00. The van der Waals surface area contributed by atoms with Crippen LogP contribution in [0.1, 0.15) is 0 Å². The summed E-state index contributed by atoms with van der Waals surface area (Å²) in [5, 5.41) is 0. The molecule has 0 aromatic rings. The van der Waals surface area contributed by atoms with Gasteiger partial charge in [-0.1, -0.05) is 0 Å². The molecule has 0 saturated carbocycles. The van der Waals surface area contributed by atoms with E-state index in [0.29, 0.717) is 0 Å². The lowest BCUT2D eigenvalue weighted by Crippen LogP contribution is -2.39. The summed E-state index contributed by atoms with van der Waals surface area (Å²) >= 11 is 0. The van der Waals surface area contributed by atoms with E-state index < -0.39 is 52.3 Å². The van der Waals surface area contributed by atoms with Crippen LogP contribution in [0.3, 0.4) is 0 Å². The summed E-state index contributed by atoms with van der Waals surface area (Å²) in [5.41, 5.74) is 0. The number of hydrogen-bond donors (Lipinski definition) is 6. The summed E-state index contributed by atoms with van der Waals surface area (Å²) in [4.78, 5) is 58.1. The van der Waals surface area contributed by atoms with Crippen molar-refractivity contribution in [1.29, 1.82) is 0 Å². The molecule has 0 fully saturated rings. The lowest BCUT2D eigenvalue weighted by Gasteiger charge is -2.28. The molecule has 170 valence electrons. The molecule has 0 radical (unpaired) electrons. The fourth-order valence-electron chi connectivity index (χ4n) is 2.28. The topological polar surface area (TPSA) is 216 Å². The predicted molar refractivity (Wildman–Crippen MR) is 106 cm³/mol. The third-order valence-corrected chi connectivity index (χ3v) is 6.92. The van der Waals surface area contributed by atoms with E-state index in [-0.39, 0.29) is 45.0 Å². The molecular formula is C9H28N3O11P5. The minimum absolute atomic E-state index is 0.0164. The second kappa shape index (κ2) is 14.7. The van der Waals surface area contributed by atoms with Gasteiger partial charge in [0.1, 0.15) is 6.29 Å². The zero-order valence-corrected chi connectivity index (χ0v) is 19.8. The molecule has 0 heterocycles. The van der Waals surface area contributed by atoms with E-state index in [0.717, 1.165) is 4.90 Å². The predicted octanol–water partition coefficient (Wildman–Crippen LogP) is -1.27. The van der Waals surface area contributed by atoms with Crippen molar-refractivity contribution < 1.29 is 52.2 Å². The Morgan fingerprint density at radius 1 is 0.571 bits per heavy atom. The van der Waals surface area contributed by atoms with Crippen LogP contribution in [0.4, 0.5) is 0 Å². The molecule has 0 saturated heterocycles. The maximum atomic E-state index is 11.2. The van der Waals surface area contributed by atoms with Crippen molar-refractivity contribution in [2.75, 3.05) is 57.6 Å². The highest BCUT2D eigenvalue weighted by Gasteiger charge is 2.22. The Morgan fingerprint density at radius 3 is 1.21 bits per heavy atom. The third kappa shape index (κ3) is 17.6. The van der Waals surface area contributed by atoms with Gasteiger partial charge in [0.05, 0.1) is 25.1 Å². The molecule has 4 unspecified atom stereocenters. The van der Waals surface area contributed by atoms with Gasteiger partial charge in [0, 0.05) is 26.2 Å². The molecule has 4 atom stereocenters. The van der Waals surface area contributed by atoms with Gasteiger partial charge in [-0.15, -0.1) is 0 Å². The molecule has 0 bridgehead atoms. The van der Waals surface area contributed by atoms with Crippen molar-refractivity contribution in [2.45, 2.75) is 0 Å². The molecular weight excluding hydrogens is 481 g/mol. The molecule has 0 aliphatic heterocycles. The standard InChI is InChI=1S/C9H28N3O11P5/c13-24(14)5-10(1-3-11(6-25(15)16)7-26(17)18)2-4-12(8-27(19)20)9-28(21,22)23/h24-27H,1-9H2,(H,13,14)(H,15,16)(H,17,18)(H,19,20)(H2,21,22,23). The molecule has 0 amide bonds. The highest BCUT2D eigenvalue weighted by molar-refractivity contribution is 7.51. The fourth-order valence-corrected chi connectivity index (χ4v) is 6.11. The second-order valence-electron chi connectivity index (χ2n) is 5.92. The Balaban J connectivity index is 4.95. The van der Waals surface area contributed by atoms with Crippen molar-refractivity contribution in [1.82, 2.24) is 14.7 Å². The van der Waals surface area contributed by atoms with Crippen LogP contribution >= 0.6 is 39.7 Å². The largest absolute Gasteiger partial charge is 0.345 e. The van der Waals surface area contributed by atoms with Gasteiger partial charge >= 0.3 is 7.60 Å². The first-order valence-electron chi connectivity index (χ1n) is 7.87. The van der Waals surface area contributed by atoms with Crippen molar-refractivity contribution in [2.24, 2.45) is 0 Å². The Labute approximate surface area is 164 Å². The van der Waals surface area contributed by atoms with Crippen molar-refractivity contribution in [3.8, 4) is 0 Å². The van der Waals surface area contributed by atoms with Crippen molar-refractivity contribution >= 4 is 39.7 Å². The maximum Gasteiger partial charge on any atom is 0.339 e.